The molecule has 1 aromatic rings. The van der Waals surface area contributed by atoms with Crippen molar-refractivity contribution < 1.29 is 9.53 Å². The number of nitrogens with two attached hydrogens (primary N) is 1. The van der Waals surface area contributed by atoms with Crippen molar-refractivity contribution in [2.45, 2.75) is 45.3 Å². The molecule has 116 valence electrons. The first kappa shape index (κ1) is 16.3. The lowest BCUT2D eigenvalue weighted by molar-refractivity contribution is -0.138. The van der Waals surface area contributed by atoms with Crippen LogP contribution in [0.2, 0.25) is 0 Å². The van der Waals surface area contributed by atoms with E-state index in [9.17, 15) is 4.79 Å². The summed E-state index contributed by atoms with van der Waals surface area (Å²) in [6.45, 7) is 5.40. The monoisotopic (exact) mass is 354 g/mol. The summed E-state index contributed by atoms with van der Waals surface area (Å²) in [6, 6.07) is 5.56. The molecule has 0 aromatic heterocycles. The van der Waals surface area contributed by atoms with Crippen LogP contribution in [0.15, 0.2) is 22.7 Å². The molecule has 1 aliphatic rings. The summed E-state index contributed by atoms with van der Waals surface area (Å²) >= 11 is 3.44. The van der Waals surface area contributed by atoms with Gasteiger partial charge in [-0.2, -0.15) is 0 Å². The highest BCUT2D eigenvalue weighted by Crippen LogP contribution is 2.28. The number of halogens is 1. The Hall–Kier alpha value is -1.07. The molecule has 1 aliphatic heterocycles. The Morgan fingerprint density at radius 2 is 1.95 bits per heavy atom. The van der Waals surface area contributed by atoms with Gasteiger partial charge in [0.1, 0.15) is 5.75 Å². The second-order valence-corrected chi connectivity index (χ2v) is 6.53. The van der Waals surface area contributed by atoms with E-state index in [-0.39, 0.29) is 11.9 Å². The summed E-state index contributed by atoms with van der Waals surface area (Å²) in [4.78, 5) is 14.3. The summed E-state index contributed by atoms with van der Waals surface area (Å²) in [7, 11) is 0. The van der Waals surface area contributed by atoms with Gasteiger partial charge in [0.05, 0.1) is 0 Å². The van der Waals surface area contributed by atoms with Crippen molar-refractivity contribution in [3.8, 4) is 5.75 Å². The Morgan fingerprint density at radius 3 is 2.57 bits per heavy atom. The zero-order valence-corrected chi connectivity index (χ0v) is 14.2. The summed E-state index contributed by atoms with van der Waals surface area (Å²) in [5.41, 5.74) is 6.89. The van der Waals surface area contributed by atoms with Crippen molar-refractivity contribution in [2.75, 3.05) is 13.1 Å². The van der Waals surface area contributed by atoms with Crippen LogP contribution >= 0.6 is 15.9 Å². The Kier molecular flexibility index (Phi) is 5.65. The van der Waals surface area contributed by atoms with Gasteiger partial charge < -0.3 is 15.4 Å². The zero-order valence-electron chi connectivity index (χ0n) is 12.6. The molecule has 2 rings (SSSR count). The molecule has 0 aliphatic carbocycles. The number of nitrogens with zero attached hydrogens (tertiary/aromatic N) is 1. The van der Waals surface area contributed by atoms with Gasteiger partial charge in [0.25, 0.3) is 5.91 Å². The van der Waals surface area contributed by atoms with E-state index < -0.39 is 6.10 Å². The maximum absolute atomic E-state index is 12.4. The zero-order chi connectivity index (χ0) is 15.4. The highest BCUT2D eigenvalue weighted by molar-refractivity contribution is 9.10. The summed E-state index contributed by atoms with van der Waals surface area (Å²) in [6.07, 6.45) is 2.89. The van der Waals surface area contributed by atoms with E-state index in [4.69, 9.17) is 10.5 Å². The highest BCUT2D eigenvalue weighted by atomic mass is 79.9. The minimum Gasteiger partial charge on any atom is -0.481 e. The highest BCUT2D eigenvalue weighted by Gasteiger charge is 2.24. The van der Waals surface area contributed by atoms with E-state index in [1.165, 1.54) is 6.42 Å². The number of ether oxygens (including phenoxy) is 1. The summed E-state index contributed by atoms with van der Waals surface area (Å²) in [5.74, 6) is 0.749. The van der Waals surface area contributed by atoms with Gasteiger partial charge in [-0.05, 0) is 51.3 Å². The molecule has 1 saturated heterocycles. The fraction of sp³-hybridized carbons (Fsp3) is 0.562. The quantitative estimate of drug-likeness (QED) is 0.902. The molecule has 4 nitrogen and oxygen atoms in total. The van der Waals surface area contributed by atoms with Gasteiger partial charge in [-0.1, -0.05) is 15.9 Å². The Labute approximate surface area is 134 Å². The molecule has 2 N–H and O–H groups in total. The summed E-state index contributed by atoms with van der Waals surface area (Å²) in [5, 5.41) is 0. The molecule has 21 heavy (non-hydrogen) atoms. The van der Waals surface area contributed by atoms with Crippen molar-refractivity contribution in [1.82, 2.24) is 4.90 Å². The number of likely N-dealkylation sites (tertiary alicyclic amines) is 1. The molecule has 0 bridgehead atoms. The van der Waals surface area contributed by atoms with Crippen LogP contribution in [0.4, 0.5) is 0 Å². The third kappa shape index (κ3) is 4.20. The van der Waals surface area contributed by atoms with E-state index in [1.54, 1.807) is 0 Å². The van der Waals surface area contributed by atoms with Gasteiger partial charge in [-0.3, -0.25) is 4.79 Å². The molecule has 0 saturated carbocycles. The molecule has 1 fully saturated rings. The van der Waals surface area contributed by atoms with E-state index >= 15 is 0 Å². The summed E-state index contributed by atoms with van der Waals surface area (Å²) < 4.78 is 6.84. The van der Waals surface area contributed by atoms with Gasteiger partial charge in [0, 0.05) is 29.2 Å². The normalized spacial score (nSPS) is 18.2. The third-order valence-electron chi connectivity index (χ3n) is 3.78. The van der Waals surface area contributed by atoms with Crippen LogP contribution in [-0.4, -0.2) is 30.0 Å². The minimum atomic E-state index is -0.484. The third-order valence-corrected chi connectivity index (χ3v) is 4.27. The first-order valence-electron chi connectivity index (χ1n) is 7.49. The number of hydrogen-bond acceptors (Lipinski definition) is 3. The van der Waals surface area contributed by atoms with Gasteiger partial charge in [0.2, 0.25) is 0 Å². The number of carbonyl (C=O) groups excluding carboxylic acids is 1. The first-order valence-corrected chi connectivity index (χ1v) is 8.29. The molecule has 1 heterocycles. The SMILES string of the molecule is CC(Oc1ccc(Br)cc1[C@H](C)N)C(=O)N1CCCCC1. The maximum atomic E-state index is 12.4. The van der Waals surface area contributed by atoms with E-state index in [2.05, 4.69) is 15.9 Å². The number of carbonyl (C=O) groups is 1. The van der Waals surface area contributed by atoms with E-state index in [0.29, 0.717) is 5.75 Å². The largest absolute Gasteiger partial charge is 0.481 e. The van der Waals surface area contributed by atoms with Crippen LogP contribution in [0.1, 0.15) is 44.7 Å². The average molecular weight is 355 g/mol. The molecule has 2 atom stereocenters. The average Bonchev–Trinajstić information content (AvgIpc) is 2.49. The van der Waals surface area contributed by atoms with Crippen molar-refractivity contribution in [1.29, 1.82) is 0 Å². The number of rotatable bonds is 4. The fourth-order valence-electron chi connectivity index (χ4n) is 2.59. The fourth-order valence-corrected chi connectivity index (χ4v) is 2.97. The van der Waals surface area contributed by atoms with Crippen LogP contribution in [0.5, 0.6) is 5.75 Å². The lowest BCUT2D eigenvalue weighted by Crippen LogP contribution is -2.43. The second kappa shape index (κ2) is 7.27. The smallest absolute Gasteiger partial charge is 0.263 e. The molecular weight excluding hydrogens is 332 g/mol. The second-order valence-electron chi connectivity index (χ2n) is 5.62. The Bertz CT molecular complexity index is 499. The predicted molar refractivity (Wildman–Crippen MR) is 87.3 cm³/mol. The maximum Gasteiger partial charge on any atom is 0.263 e. The Balaban J connectivity index is 2.08. The van der Waals surface area contributed by atoms with E-state index in [1.807, 2.05) is 36.9 Å². The minimum absolute atomic E-state index is 0.0632. The van der Waals surface area contributed by atoms with Crippen LogP contribution < -0.4 is 10.5 Å². The lowest BCUT2D eigenvalue weighted by atomic mass is 10.1. The molecule has 1 unspecified atom stereocenters. The predicted octanol–water partition coefficient (Wildman–Crippen LogP) is 3.25. The van der Waals surface area contributed by atoms with Crippen molar-refractivity contribution in [3.63, 3.8) is 0 Å². The Morgan fingerprint density at radius 1 is 1.29 bits per heavy atom. The standard InChI is InChI=1S/C16H23BrN2O2/c1-11(18)14-10-13(17)6-7-15(14)21-12(2)16(20)19-8-4-3-5-9-19/h6-7,10-12H,3-5,8-9,18H2,1-2H3/t11-,12?/m0/s1. The van der Waals surface area contributed by atoms with Gasteiger partial charge in [-0.25, -0.2) is 0 Å². The van der Waals surface area contributed by atoms with Gasteiger partial charge in [0.15, 0.2) is 6.10 Å². The van der Waals surface area contributed by atoms with Crippen LogP contribution in [0.3, 0.4) is 0 Å². The van der Waals surface area contributed by atoms with Crippen molar-refractivity contribution in [3.05, 3.63) is 28.2 Å². The molecule has 1 aromatic carbocycles. The van der Waals surface area contributed by atoms with Crippen molar-refractivity contribution in [2.24, 2.45) is 5.73 Å². The molecule has 0 spiro atoms. The first-order chi connectivity index (χ1) is 9.99. The number of hydrogen-bond donors (Lipinski definition) is 1. The lowest BCUT2D eigenvalue weighted by Gasteiger charge is -2.29. The van der Waals surface area contributed by atoms with Gasteiger partial charge >= 0.3 is 0 Å². The van der Waals surface area contributed by atoms with Crippen LogP contribution in [-0.2, 0) is 4.79 Å². The van der Waals surface area contributed by atoms with E-state index in [0.717, 1.165) is 36.0 Å². The molecule has 1 amide bonds. The molecular formula is C16H23BrN2O2. The van der Waals surface area contributed by atoms with Gasteiger partial charge in [-0.15, -0.1) is 0 Å². The van der Waals surface area contributed by atoms with Crippen LogP contribution in [0.25, 0.3) is 0 Å². The number of piperidine rings is 1. The van der Waals surface area contributed by atoms with Crippen molar-refractivity contribution >= 4 is 21.8 Å². The number of amides is 1. The number of benzene rings is 1. The topological polar surface area (TPSA) is 55.6 Å². The molecule has 0 radical (unpaired) electrons. The van der Waals surface area contributed by atoms with Crippen LogP contribution in [0, 0.1) is 0 Å². The molecule has 5 heteroatoms.